The number of halogens is 1. The Hall–Kier alpha value is -3.15. The largest absolute Gasteiger partial charge is 0.487 e. The minimum absolute atomic E-state index is 0.0884. The summed E-state index contributed by atoms with van der Waals surface area (Å²) in [6.07, 6.45) is 1.44. The lowest BCUT2D eigenvalue weighted by molar-refractivity contribution is 0.0524. The third-order valence-electron chi connectivity index (χ3n) is 4.17. The molecule has 0 amide bonds. The molecule has 0 N–H and O–H groups in total. The van der Waals surface area contributed by atoms with E-state index in [9.17, 15) is 14.0 Å². The van der Waals surface area contributed by atoms with Gasteiger partial charge in [0.25, 0.3) is 0 Å². The minimum atomic E-state index is -0.720. The number of nitrogens with zero attached hydrogens (tertiary/aromatic N) is 1. The maximum Gasteiger partial charge on any atom is 0.343 e. The number of aryl methyl sites for hydroxylation is 1. The van der Waals surface area contributed by atoms with Crippen molar-refractivity contribution >= 4 is 16.9 Å². The summed E-state index contributed by atoms with van der Waals surface area (Å²) < 4.78 is 26.6. The number of fused-ring (bicyclic) bond motifs is 1. The molecule has 0 radical (unpaired) electrons. The van der Waals surface area contributed by atoms with Crippen LogP contribution in [-0.4, -0.2) is 17.1 Å². The van der Waals surface area contributed by atoms with Crippen LogP contribution < -0.4 is 10.2 Å². The molecule has 0 saturated carbocycles. The highest BCUT2D eigenvalue weighted by atomic mass is 19.1. The van der Waals surface area contributed by atoms with E-state index in [2.05, 4.69) is 0 Å². The molecule has 0 fully saturated rings. The molecule has 6 heteroatoms. The Morgan fingerprint density at radius 2 is 1.89 bits per heavy atom. The molecule has 0 aliphatic carbocycles. The second kappa shape index (κ2) is 8.03. The van der Waals surface area contributed by atoms with Gasteiger partial charge < -0.3 is 14.0 Å². The number of hydrogen-bond donors (Lipinski definition) is 0. The zero-order valence-electron chi connectivity index (χ0n) is 15.2. The van der Waals surface area contributed by atoms with Gasteiger partial charge in [0.05, 0.1) is 17.5 Å². The van der Waals surface area contributed by atoms with Gasteiger partial charge in [-0.3, -0.25) is 4.79 Å². The molecule has 1 aromatic heterocycles. The maximum atomic E-state index is 14.2. The third kappa shape index (κ3) is 3.84. The summed E-state index contributed by atoms with van der Waals surface area (Å²) >= 11 is 0. The molecule has 5 nitrogen and oxygen atoms in total. The molecule has 27 heavy (non-hydrogen) atoms. The van der Waals surface area contributed by atoms with Gasteiger partial charge in [0, 0.05) is 18.8 Å². The lowest BCUT2D eigenvalue weighted by Gasteiger charge is -2.16. The molecule has 1 heterocycles. The van der Waals surface area contributed by atoms with Gasteiger partial charge in [-0.25, -0.2) is 9.18 Å². The molecular formula is C21H20FNO4. The summed E-state index contributed by atoms with van der Waals surface area (Å²) in [5, 5.41) is 0.0884. The van der Waals surface area contributed by atoms with E-state index in [1.54, 1.807) is 11.5 Å². The van der Waals surface area contributed by atoms with Gasteiger partial charge >= 0.3 is 5.97 Å². The van der Waals surface area contributed by atoms with Crippen LogP contribution in [0.5, 0.6) is 5.75 Å². The van der Waals surface area contributed by atoms with Crippen molar-refractivity contribution in [3.63, 3.8) is 0 Å². The summed E-state index contributed by atoms with van der Waals surface area (Å²) in [6, 6.07) is 11.8. The number of rotatable bonds is 6. The van der Waals surface area contributed by atoms with Crippen LogP contribution in [0.3, 0.4) is 0 Å². The molecule has 0 unspecified atom stereocenters. The van der Waals surface area contributed by atoms with Crippen LogP contribution in [0.1, 0.15) is 29.8 Å². The second-order valence-electron chi connectivity index (χ2n) is 5.95. The first-order valence-electron chi connectivity index (χ1n) is 8.75. The lowest BCUT2D eigenvalue weighted by atomic mass is 10.1. The highest BCUT2D eigenvalue weighted by Gasteiger charge is 2.19. The van der Waals surface area contributed by atoms with Gasteiger partial charge in [0.1, 0.15) is 23.7 Å². The molecular weight excluding hydrogens is 349 g/mol. The normalized spacial score (nSPS) is 10.8. The Morgan fingerprint density at radius 3 is 2.56 bits per heavy atom. The highest BCUT2D eigenvalue weighted by molar-refractivity contribution is 5.95. The van der Waals surface area contributed by atoms with Gasteiger partial charge in [-0.15, -0.1) is 0 Å². The average Bonchev–Trinajstić information content (AvgIpc) is 2.67. The van der Waals surface area contributed by atoms with E-state index in [4.69, 9.17) is 9.47 Å². The van der Waals surface area contributed by atoms with Crippen LogP contribution in [0.25, 0.3) is 10.9 Å². The molecule has 0 bridgehead atoms. The Kier molecular flexibility index (Phi) is 5.54. The van der Waals surface area contributed by atoms with E-state index in [-0.39, 0.29) is 29.9 Å². The number of carbonyl (C=O) groups is 1. The van der Waals surface area contributed by atoms with Gasteiger partial charge in [-0.05, 0) is 25.5 Å². The van der Waals surface area contributed by atoms with Crippen molar-refractivity contribution in [2.75, 3.05) is 6.61 Å². The Balaban J connectivity index is 2.13. The smallest absolute Gasteiger partial charge is 0.343 e. The second-order valence-corrected chi connectivity index (χ2v) is 5.95. The number of ether oxygens (including phenoxy) is 2. The van der Waals surface area contributed by atoms with Crippen LogP contribution in [-0.2, 0) is 17.9 Å². The van der Waals surface area contributed by atoms with E-state index < -0.39 is 17.2 Å². The SMILES string of the molecule is CCOC(=O)c1cn(CC)c2c(OCc3ccccc3)cc(F)cc2c1=O. The fraction of sp³-hybridized carbons (Fsp3) is 0.238. The number of benzene rings is 2. The van der Waals surface area contributed by atoms with Crippen LogP contribution in [0, 0.1) is 5.82 Å². The Bertz CT molecular complexity index is 1030. The predicted octanol–water partition coefficient (Wildman–Crippen LogP) is 3.92. The topological polar surface area (TPSA) is 57.5 Å². The first-order chi connectivity index (χ1) is 13.0. The quantitative estimate of drug-likeness (QED) is 0.618. The standard InChI is InChI=1S/C21H20FNO4/c1-3-23-12-17(21(25)26-4-2)20(24)16-10-15(22)11-18(19(16)23)27-13-14-8-6-5-7-9-14/h5-12H,3-4,13H2,1-2H3. The number of hydrogen-bond acceptors (Lipinski definition) is 4. The fourth-order valence-electron chi connectivity index (χ4n) is 2.92. The number of carbonyl (C=O) groups excluding carboxylic acids is 1. The van der Waals surface area contributed by atoms with Gasteiger partial charge in [0.15, 0.2) is 0 Å². The van der Waals surface area contributed by atoms with Crippen molar-refractivity contribution in [3.05, 3.63) is 75.8 Å². The lowest BCUT2D eigenvalue weighted by Crippen LogP contribution is -2.21. The number of aromatic nitrogens is 1. The zero-order valence-corrected chi connectivity index (χ0v) is 15.2. The van der Waals surface area contributed by atoms with Crippen molar-refractivity contribution in [1.82, 2.24) is 4.57 Å². The van der Waals surface area contributed by atoms with Crippen LogP contribution >= 0.6 is 0 Å². The van der Waals surface area contributed by atoms with E-state index in [0.717, 1.165) is 11.6 Å². The van der Waals surface area contributed by atoms with Crippen LogP contribution in [0.15, 0.2) is 53.5 Å². The van der Waals surface area contributed by atoms with E-state index in [1.807, 2.05) is 37.3 Å². The molecule has 0 spiro atoms. The van der Waals surface area contributed by atoms with Gasteiger partial charge in [-0.1, -0.05) is 30.3 Å². The van der Waals surface area contributed by atoms with E-state index in [0.29, 0.717) is 12.1 Å². The summed E-state index contributed by atoms with van der Waals surface area (Å²) in [5.74, 6) is -1.07. The van der Waals surface area contributed by atoms with Gasteiger partial charge in [-0.2, -0.15) is 0 Å². The van der Waals surface area contributed by atoms with Crippen molar-refractivity contribution in [1.29, 1.82) is 0 Å². The summed E-state index contributed by atoms with van der Waals surface area (Å²) in [6.45, 7) is 4.38. The molecule has 0 saturated heterocycles. The van der Waals surface area contributed by atoms with Crippen LogP contribution in [0.2, 0.25) is 0 Å². The van der Waals surface area contributed by atoms with Gasteiger partial charge in [0.2, 0.25) is 5.43 Å². The van der Waals surface area contributed by atoms with E-state index >= 15 is 0 Å². The molecule has 0 aliphatic rings. The Labute approximate surface area is 156 Å². The van der Waals surface area contributed by atoms with Crippen molar-refractivity contribution in [2.45, 2.75) is 27.0 Å². The maximum absolute atomic E-state index is 14.2. The molecule has 0 atom stereocenters. The predicted molar refractivity (Wildman–Crippen MR) is 101 cm³/mol. The summed E-state index contributed by atoms with van der Waals surface area (Å²) in [5.41, 5.74) is 0.680. The van der Waals surface area contributed by atoms with Crippen LogP contribution in [0.4, 0.5) is 4.39 Å². The molecule has 140 valence electrons. The van der Waals surface area contributed by atoms with Crippen molar-refractivity contribution in [2.24, 2.45) is 0 Å². The first-order valence-corrected chi connectivity index (χ1v) is 8.75. The number of pyridine rings is 1. The molecule has 0 aliphatic heterocycles. The summed E-state index contributed by atoms with van der Waals surface area (Å²) in [4.78, 5) is 24.9. The molecule has 3 aromatic rings. The highest BCUT2D eigenvalue weighted by Crippen LogP contribution is 2.27. The zero-order chi connectivity index (χ0) is 19.4. The molecule has 2 aromatic carbocycles. The monoisotopic (exact) mass is 369 g/mol. The number of esters is 1. The Morgan fingerprint density at radius 1 is 1.15 bits per heavy atom. The average molecular weight is 369 g/mol. The first kappa shape index (κ1) is 18.6. The third-order valence-corrected chi connectivity index (χ3v) is 4.17. The van der Waals surface area contributed by atoms with Crippen molar-refractivity contribution in [3.8, 4) is 5.75 Å². The van der Waals surface area contributed by atoms with E-state index in [1.165, 1.54) is 12.3 Å². The molecule has 3 rings (SSSR count). The summed E-state index contributed by atoms with van der Waals surface area (Å²) in [7, 11) is 0. The fourth-order valence-corrected chi connectivity index (χ4v) is 2.92. The van der Waals surface area contributed by atoms with Crippen molar-refractivity contribution < 1.29 is 18.7 Å². The minimum Gasteiger partial charge on any atom is -0.487 e.